The molecule has 15 heavy (non-hydrogen) atoms. The fraction of sp³-hybridized carbons (Fsp3) is 0.600. The molecule has 1 aromatic heterocycles. The lowest BCUT2D eigenvalue weighted by Crippen LogP contribution is -2.28. The van der Waals surface area contributed by atoms with E-state index < -0.39 is 0 Å². The Morgan fingerprint density at radius 2 is 2.47 bits per heavy atom. The number of nitrogens with two attached hydrogens (primary N) is 1. The van der Waals surface area contributed by atoms with Crippen molar-refractivity contribution in [1.82, 2.24) is 10.3 Å². The summed E-state index contributed by atoms with van der Waals surface area (Å²) in [6.07, 6.45) is 1.05. The number of amides is 1. The second kappa shape index (κ2) is 3.57. The fourth-order valence-corrected chi connectivity index (χ4v) is 2.11. The van der Waals surface area contributed by atoms with E-state index in [0.717, 1.165) is 11.4 Å². The Labute approximate surface area is 92.9 Å². The van der Waals surface area contributed by atoms with Crippen LogP contribution in [0.2, 0.25) is 0 Å². The van der Waals surface area contributed by atoms with E-state index in [9.17, 15) is 4.79 Å². The average Bonchev–Trinajstić information content (AvgIpc) is 2.67. The van der Waals surface area contributed by atoms with Crippen LogP contribution in [0.3, 0.4) is 0 Å². The number of carbonyl (C=O) groups is 1. The number of hydrogen-bond acceptors (Lipinski definition) is 4. The standard InChI is InChI=1S/C10H15N3OS/c1-10(2)3-7(10)13-9(14)6-5-15-8(4-11)12-6/h5,7H,3-4,11H2,1-2H3,(H,13,14). The summed E-state index contributed by atoms with van der Waals surface area (Å²) >= 11 is 1.43. The summed E-state index contributed by atoms with van der Waals surface area (Å²) in [5.74, 6) is -0.0819. The monoisotopic (exact) mass is 225 g/mol. The van der Waals surface area contributed by atoms with Crippen LogP contribution < -0.4 is 11.1 Å². The van der Waals surface area contributed by atoms with Gasteiger partial charge in [-0.3, -0.25) is 4.79 Å². The molecule has 1 heterocycles. The van der Waals surface area contributed by atoms with Crippen molar-refractivity contribution in [2.75, 3.05) is 0 Å². The van der Waals surface area contributed by atoms with E-state index in [4.69, 9.17) is 5.73 Å². The topological polar surface area (TPSA) is 68.0 Å². The molecule has 2 rings (SSSR count). The molecule has 82 valence electrons. The molecule has 1 aliphatic rings. The van der Waals surface area contributed by atoms with Crippen molar-refractivity contribution in [3.8, 4) is 0 Å². The predicted molar refractivity (Wildman–Crippen MR) is 59.7 cm³/mol. The molecule has 1 atom stereocenters. The number of thiazole rings is 1. The van der Waals surface area contributed by atoms with Crippen molar-refractivity contribution >= 4 is 17.2 Å². The first kappa shape index (κ1) is 10.6. The van der Waals surface area contributed by atoms with Crippen molar-refractivity contribution in [3.05, 3.63) is 16.1 Å². The lowest BCUT2D eigenvalue weighted by atomic mass is 10.2. The van der Waals surface area contributed by atoms with Crippen LogP contribution in [-0.2, 0) is 6.54 Å². The molecule has 1 aromatic rings. The summed E-state index contributed by atoms with van der Waals surface area (Å²) in [5, 5.41) is 5.52. The minimum Gasteiger partial charge on any atom is -0.347 e. The van der Waals surface area contributed by atoms with Crippen LogP contribution in [-0.4, -0.2) is 16.9 Å². The highest BCUT2D eigenvalue weighted by Crippen LogP contribution is 2.44. The van der Waals surface area contributed by atoms with Gasteiger partial charge in [0.15, 0.2) is 0 Å². The molecule has 0 radical (unpaired) electrons. The van der Waals surface area contributed by atoms with E-state index in [1.807, 2.05) is 0 Å². The number of rotatable bonds is 3. The summed E-state index contributed by atoms with van der Waals surface area (Å²) in [5.41, 5.74) is 6.18. The molecular weight excluding hydrogens is 210 g/mol. The molecule has 0 aliphatic heterocycles. The van der Waals surface area contributed by atoms with Gasteiger partial charge in [0.25, 0.3) is 5.91 Å². The molecule has 0 spiro atoms. The van der Waals surface area contributed by atoms with Crippen LogP contribution in [0.1, 0.15) is 35.8 Å². The van der Waals surface area contributed by atoms with E-state index in [-0.39, 0.29) is 11.3 Å². The lowest BCUT2D eigenvalue weighted by Gasteiger charge is -2.04. The maximum absolute atomic E-state index is 11.7. The largest absolute Gasteiger partial charge is 0.347 e. The van der Waals surface area contributed by atoms with Crippen molar-refractivity contribution < 1.29 is 4.79 Å². The number of hydrogen-bond donors (Lipinski definition) is 2. The van der Waals surface area contributed by atoms with Crippen molar-refractivity contribution in [3.63, 3.8) is 0 Å². The number of nitrogens with one attached hydrogen (secondary N) is 1. The Balaban J connectivity index is 1.97. The van der Waals surface area contributed by atoms with Crippen LogP contribution in [0.4, 0.5) is 0 Å². The first-order valence-corrected chi connectivity index (χ1v) is 5.86. The SMILES string of the molecule is CC1(C)CC1NC(=O)c1csc(CN)n1. The average molecular weight is 225 g/mol. The predicted octanol–water partition coefficient (Wildman–Crippen LogP) is 1.13. The van der Waals surface area contributed by atoms with Gasteiger partial charge < -0.3 is 11.1 Å². The second-order valence-electron chi connectivity index (χ2n) is 4.55. The zero-order valence-corrected chi connectivity index (χ0v) is 9.73. The molecule has 1 unspecified atom stereocenters. The van der Waals surface area contributed by atoms with Gasteiger partial charge in [0.2, 0.25) is 0 Å². The van der Waals surface area contributed by atoms with E-state index >= 15 is 0 Å². The van der Waals surface area contributed by atoms with Gasteiger partial charge in [-0.15, -0.1) is 11.3 Å². The maximum atomic E-state index is 11.7. The first-order valence-electron chi connectivity index (χ1n) is 4.98. The highest BCUT2D eigenvalue weighted by atomic mass is 32.1. The van der Waals surface area contributed by atoms with Gasteiger partial charge in [-0.1, -0.05) is 13.8 Å². The Bertz CT molecular complexity index is 386. The van der Waals surface area contributed by atoms with Crippen LogP contribution in [0.15, 0.2) is 5.38 Å². The van der Waals surface area contributed by atoms with E-state index in [0.29, 0.717) is 18.3 Å². The van der Waals surface area contributed by atoms with Gasteiger partial charge in [0.05, 0.1) is 0 Å². The Hall–Kier alpha value is -0.940. The summed E-state index contributed by atoms with van der Waals surface area (Å²) in [6.45, 7) is 4.68. The summed E-state index contributed by atoms with van der Waals surface area (Å²) in [6, 6.07) is 0.299. The number of aromatic nitrogens is 1. The quantitative estimate of drug-likeness (QED) is 0.810. The van der Waals surface area contributed by atoms with Crippen molar-refractivity contribution in [2.24, 2.45) is 11.1 Å². The van der Waals surface area contributed by atoms with Gasteiger partial charge in [-0.05, 0) is 11.8 Å². The summed E-state index contributed by atoms with van der Waals surface area (Å²) in [4.78, 5) is 15.8. The summed E-state index contributed by atoms with van der Waals surface area (Å²) < 4.78 is 0. The molecule has 1 amide bonds. The van der Waals surface area contributed by atoms with Crippen LogP contribution >= 0.6 is 11.3 Å². The van der Waals surface area contributed by atoms with E-state index in [2.05, 4.69) is 24.1 Å². The molecule has 4 nitrogen and oxygen atoms in total. The molecule has 1 saturated carbocycles. The molecule has 1 aliphatic carbocycles. The molecule has 0 bridgehead atoms. The van der Waals surface area contributed by atoms with Gasteiger partial charge in [0, 0.05) is 18.0 Å². The van der Waals surface area contributed by atoms with Gasteiger partial charge >= 0.3 is 0 Å². The fourth-order valence-electron chi connectivity index (χ4n) is 1.45. The van der Waals surface area contributed by atoms with E-state index in [1.165, 1.54) is 11.3 Å². The molecule has 0 saturated heterocycles. The normalized spacial score (nSPS) is 22.5. The highest BCUT2D eigenvalue weighted by Gasteiger charge is 2.46. The van der Waals surface area contributed by atoms with Gasteiger partial charge in [-0.2, -0.15) is 0 Å². The first-order chi connectivity index (χ1) is 7.03. The molecule has 1 fully saturated rings. The third-order valence-electron chi connectivity index (χ3n) is 2.78. The minimum absolute atomic E-state index is 0.0819. The molecular formula is C10H15N3OS. The summed E-state index contributed by atoms with van der Waals surface area (Å²) in [7, 11) is 0. The van der Waals surface area contributed by atoms with Crippen molar-refractivity contribution in [2.45, 2.75) is 32.9 Å². The van der Waals surface area contributed by atoms with Crippen LogP contribution in [0.5, 0.6) is 0 Å². The van der Waals surface area contributed by atoms with Gasteiger partial charge in [0.1, 0.15) is 10.7 Å². The maximum Gasteiger partial charge on any atom is 0.270 e. The Kier molecular flexibility index (Phi) is 2.52. The lowest BCUT2D eigenvalue weighted by molar-refractivity contribution is 0.0942. The van der Waals surface area contributed by atoms with Crippen molar-refractivity contribution in [1.29, 1.82) is 0 Å². The molecule has 0 aromatic carbocycles. The van der Waals surface area contributed by atoms with E-state index in [1.54, 1.807) is 5.38 Å². The number of nitrogens with zero attached hydrogens (tertiary/aromatic N) is 1. The Morgan fingerprint density at radius 1 is 1.80 bits per heavy atom. The second-order valence-corrected chi connectivity index (χ2v) is 5.49. The molecule has 5 heteroatoms. The minimum atomic E-state index is -0.0819. The van der Waals surface area contributed by atoms with Crippen LogP contribution in [0.25, 0.3) is 0 Å². The smallest absolute Gasteiger partial charge is 0.270 e. The molecule has 3 N–H and O–H groups in total. The zero-order chi connectivity index (χ0) is 11.1. The van der Waals surface area contributed by atoms with Crippen LogP contribution in [0, 0.1) is 5.41 Å². The zero-order valence-electron chi connectivity index (χ0n) is 8.91. The Morgan fingerprint density at radius 3 is 2.93 bits per heavy atom. The number of carbonyl (C=O) groups excluding carboxylic acids is 1. The van der Waals surface area contributed by atoms with Gasteiger partial charge in [-0.25, -0.2) is 4.98 Å². The third kappa shape index (κ3) is 2.18. The highest BCUT2D eigenvalue weighted by molar-refractivity contribution is 7.09. The third-order valence-corrected chi connectivity index (χ3v) is 3.65.